The Balaban J connectivity index is 2.40. The van der Waals surface area contributed by atoms with Crippen molar-refractivity contribution < 1.29 is 9.21 Å². The Morgan fingerprint density at radius 1 is 1.62 bits per heavy atom. The predicted octanol–water partition coefficient (Wildman–Crippen LogP) is 1.89. The summed E-state index contributed by atoms with van der Waals surface area (Å²) in [7, 11) is 1.78. The van der Waals surface area contributed by atoms with Crippen molar-refractivity contribution in [2.75, 3.05) is 13.6 Å². The lowest BCUT2D eigenvalue weighted by Crippen LogP contribution is -2.42. The van der Waals surface area contributed by atoms with E-state index in [1.165, 1.54) is 0 Å². The minimum atomic E-state index is -0.228. The summed E-state index contributed by atoms with van der Waals surface area (Å²) in [5, 5.41) is 3.45. The van der Waals surface area contributed by atoms with E-state index < -0.39 is 0 Å². The fourth-order valence-corrected chi connectivity index (χ4v) is 1.44. The van der Waals surface area contributed by atoms with Gasteiger partial charge in [0.1, 0.15) is 5.76 Å². The Kier molecular flexibility index (Phi) is 4.83. The van der Waals surface area contributed by atoms with E-state index in [0.717, 1.165) is 5.76 Å². The Hall–Kier alpha value is -1.00. The topological polar surface area (TPSA) is 45.5 Å². The van der Waals surface area contributed by atoms with E-state index in [1.54, 1.807) is 24.1 Å². The number of halogens is 1. The number of furan rings is 1. The molecule has 1 rings (SSSR count). The summed E-state index contributed by atoms with van der Waals surface area (Å²) < 4.78 is 5.18. The first-order valence-corrected chi connectivity index (χ1v) is 5.65. The van der Waals surface area contributed by atoms with E-state index in [2.05, 4.69) is 5.32 Å². The van der Waals surface area contributed by atoms with Crippen LogP contribution in [0, 0.1) is 0 Å². The summed E-state index contributed by atoms with van der Waals surface area (Å²) in [6.07, 6.45) is 0. The number of likely N-dealkylation sites (N-methyl/N-ethyl adjacent to an activating group) is 1. The number of rotatable bonds is 5. The monoisotopic (exact) mass is 244 g/mol. The van der Waals surface area contributed by atoms with Crippen LogP contribution in [0.3, 0.4) is 0 Å². The van der Waals surface area contributed by atoms with Gasteiger partial charge in [-0.1, -0.05) is 0 Å². The average molecular weight is 245 g/mol. The van der Waals surface area contributed by atoms with Crippen LogP contribution in [0.25, 0.3) is 0 Å². The van der Waals surface area contributed by atoms with Crippen LogP contribution in [0.5, 0.6) is 0 Å². The van der Waals surface area contributed by atoms with Crippen molar-refractivity contribution >= 4 is 17.5 Å². The Morgan fingerprint density at radius 2 is 2.31 bits per heavy atom. The van der Waals surface area contributed by atoms with Crippen LogP contribution in [0.1, 0.15) is 19.6 Å². The molecule has 1 atom stereocenters. The van der Waals surface area contributed by atoms with Gasteiger partial charge in [0.05, 0.1) is 12.6 Å². The van der Waals surface area contributed by atoms with E-state index in [4.69, 9.17) is 16.0 Å². The quantitative estimate of drug-likeness (QED) is 0.861. The number of nitrogens with zero attached hydrogens (tertiary/aromatic N) is 1. The van der Waals surface area contributed by atoms with E-state index in [0.29, 0.717) is 18.3 Å². The minimum Gasteiger partial charge on any atom is -0.448 e. The molecule has 0 saturated carbocycles. The highest BCUT2D eigenvalue weighted by atomic mass is 35.5. The van der Waals surface area contributed by atoms with Gasteiger partial charge in [-0.3, -0.25) is 10.1 Å². The lowest BCUT2D eigenvalue weighted by molar-refractivity contribution is -0.131. The van der Waals surface area contributed by atoms with Crippen molar-refractivity contribution in [2.24, 2.45) is 0 Å². The molecule has 0 bridgehead atoms. The Morgan fingerprint density at radius 3 is 2.81 bits per heavy atom. The minimum absolute atomic E-state index is 0.0696. The molecule has 0 aliphatic rings. The van der Waals surface area contributed by atoms with E-state index in [-0.39, 0.29) is 11.9 Å². The summed E-state index contributed by atoms with van der Waals surface area (Å²) in [5.41, 5.74) is 0. The molecular formula is C11H17ClN2O2. The van der Waals surface area contributed by atoms with Crippen molar-refractivity contribution in [2.45, 2.75) is 26.4 Å². The smallest absolute Gasteiger partial charge is 0.239 e. The lowest BCUT2D eigenvalue weighted by Gasteiger charge is -2.20. The van der Waals surface area contributed by atoms with E-state index >= 15 is 0 Å². The van der Waals surface area contributed by atoms with Crippen LogP contribution >= 0.6 is 11.6 Å². The van der Waals surface area contributed by atoms with Gasteiger partial charge in [-0.05, 0) is 37.6 Å². The van der Waals surface area contributed by atoms with Gasteiger partial charge in [-0.15, -0.1) is 0 Å². The summed E-state index contributed by atoms with van der Waals surface area (Å²) in [6.45, 7) is 4.98. The molecule has 1 aromatic rings. The molecule has 0 fully saturated rings. The van der Waals surface area contributed by atoms with Crippen molar-refractivity contribution in [3.63, 3.8) is 0 Å². The van der Waals surface area contributed by atoms with Gasteiger partial charge < -0.3 is 9.32 Å². The highest BCUT2D eigenvalue weighted by Crippen LogP contribution is 2.12. The highest BCUT2D eigenvalue weighted by molar-refractivity contribution is 6.28. The van der Waals surface area contributed by atoms with Gasteiger partial charge in [0, 0.05) is 13.6 Å². The molecule has 1 unspecified atom stereocenters. The molecule has 1 heterocycles. The molecule has 5 heteroatoms. The zero-order chi connectivity index (χ0) is 12.1. The first kappa shape index (κ1) is 13.1. The number of hydrogen-bond acceptors (Lipinski definition) is 3. The molecule has 0 aliphatic carbocycles. The van der Waals surface area contributed by atoms with Gasteiger partial charge in [0.15, 0.2) is 5.22 Å². The van der Waals surface area contributed by atoms with Crippen molar-refractivity contribution in [3.8, 4) is 0 Å². The molecule has 0 spiro atoms. The van der Waals surface area contributed by atoms with Crippen LogP contribution in [-0.4, -0.2) is 30.4 Å². The zero-order valence-electron chi connectivity index (χ0n) is 9.79. The van der Waals surface area contributed by atoms with Crippen LogP contribution < -0.4 is 5.32 Å². The van der Waals surface area contributed by atoms with Crippen molar-refractivity contribution in [1.29, 1.82) is 0 Å². The van der Waals surface area contributed by atoms with E-state index in [1.807, 2.05) is 13.8 Å². The van der Waals surface area contributed by atoms with Crippen LogP contribution in [0.4, 0.5) is 0 Å². The second-order valence-electron chi connectivity index (χ2n) is 3.66. The molecule has 1 N–H and O–H groups in total. The fraction of sp³-hybridized carbons (Fsp3) is 0.545. The summed E-state index contributed by atoms with van der Waals surface area (Å²) in [5.74, 6) is 0.795. The molecule has 0 saturated heterocycles. The molecule has 0 aromatic carbocycles. The molecule has 16 heavy (non-hydrogen) atoms. The van der Waals surface area contributed by atoms with Gasteiger partial charge in [-0.2, -0.15) is 0 Å². The van der Waals surface area contributed by atoms with Gasteiger partial charge in [0.2, 0.25) is 5.91 Å². The summed E-state index contributed by atoms with van der Waals surface area (Å²) in [6, 6.07) is 3.24. The summed E-state index contributed by atoms with van der Waals surface area (Å²) in [4.78, 5) is 13.4. The standard InChI is InChI=1S/C11H17ClN2O2/c1-4-14(3)11(15)8(2)13-7-9-5-6-10(12)16-9/h5-6,8,13H,4,7H2,1-3H3. The van der Waals surface area contributed by atoms with E-state index in [9.17, 15) is 4.79 Å². The van der Waals surface area contributed by atoms with Crippen molar-refractivity contribution in [1.82, 2.24) is 10.2 Å². The molecule has 1 aromatic heterocycles. The molecule has 1 amide bonds. The highest BCUT2D eigenvalue weighted by Gasteiger charge is 2.15. The number of carbonyl (C=O) groups is 1. The lowest BCUT2D eigenvalue weighted by atomic mass is 10.3. The number of carbonyl (C=O) groups excluding carboxylic acids is 1. The molecule has 0 radical (unpaired) electrons. The first-order chi connectivity index (χ1) is 7.54. The van der Waals surface area contributed by atoms with Crippen LogP contribution in [-0.2, 0) is 11.3 Å². The fourth-order valence-electron chi connectivity index (χ4n) is 1.27. The zero-order valence-corrected chi connectivity index (χ0v) is 10.5. The third-order valence-electron chi connectivity index (χ3n) is 2.43. The second kappa shape index (κ2) is 5.92. The molecular weight excluding hydrogens is 228 g/mol. The second-order valence-corrected chi connectivity index (χ2v) is 4.03. The maximum Gasteiger partial charge on any atom is 0.239 e. The third kappa shape index (κ3) is 3.54. The Labute approximate surface area is 101 Å². The normalized spacial score (nSPS) is 12.5. The third-order valence-corrected chi connectivity index (χ3v) is 2.64. The number of amides is 1. The summed E-state index contributed by atoms with van der Waals surface area (Å²) >= 11 is 5.64. The largest absolute Gasteiger partial charge is 0.448 e. The molecule has 4 nitrogen and oxygen atoms in total. The van der Waals surface area contributed by atoms with Crippen LogP contribution in [0.2, 0.25) is 5.22 Å². The van der Waals surface area contributed by atoms with Gasteiger partial charge in [0.25, 0.3) is 0 Å². The van der Waals surface area contributed by atoms with Crippen molar-refractivity contribution in [3.05, 3.63) is 23.1 Å². The predicted molar refractivity (Wildman–Crippen MR) is 63.3 cm³/mol. The number of nitrogens with one attached hydrogen (secondary N) is 1. The maximum absolute atomic E-state index is 11.7. The SMILES string of the molecule is CCN(C)C(=O)C(C)NCc1ccc(Cl)o1. The Bertz CT molecular complexity index is 352. The van der Waals surface area contributed by atoms with Crippen LogP contribution in [0.15, 0.2) is 16.5 Å². The molecule has 0 aliphatic heterocycles. The number of hydrogen-bond donors (Lipinski definition) is 1. The van der Waals surface area contributed by atoms with Gasteiger partial charge in [-0.25, -0.2) is 0 Å². The maximum atomic E-state index is 11.7. The molecule has 90 valence electrons. The first-order valence-electron chi connectivity index (χ1n) is 5.27. The van der Waals surface area contributed by atoms with Gasteiger partial charge >= 0.3 is 0 Å². The average Bonchev–Trinajstić information content (AvgIpc) is 2.69.